The van der Waals surface area contributed by atoms with Gasteiger partial charge in [-0.05, 0) is 18.9 Å². The van der Waals surface area contributed by atoms with E-state index in [0.717, 1.165) is 12.8 Å². The van der Waals surface area contributed by atoms with Crippen molar-refractivity contribution in [2.75, 3.05) is 6.61 Å². The van der Waals surface area contributed by atoms with Crippen molar-refractivity contribution in [2.45, 2.75) is 33.1 Å². The fourth-order valence-electron chi connectivity index (χ4n) is 0.885. The van der Waals surface area contributed by atoms with E-state index in [4.69, 9.17) is 10.00 Å². The van der Waals surface area contributed by atoms with E-state index in [2.05, 4.69) is 6.58 Å². The van der Waals surface area contributed by atoms with Crippen LogP contribution in [0.15, 0.2) is 23.8 Å². The van der Waals surface area contributed by atoms with Gasteiger partial charge >= 0.3 is 5.97 Å². The van der Waals surface area contributed by atoms with Crippen LogP contribution >= 0.6 is 0 Å². The fraction of sp³-hybridized carbons (Fsp3) is 0.500. The Morgan fingerprint density at radius 3 is 2.67 bits per heavy atom. The maximum atomic E-state index is 11.3. The summed E-state index contributed by atoms with van der Waals surface area (Å²) in [5, 5.41) is 8.66. The van der Waals surface area contributed by atoms with E-state index in [1.54, 1.807) is 0 Å². The molecular formula is C12H17NO2. The number of rotatable bonds is 6. The van der Waals surface area contributed by atoms with Crippen molar-refractivity contribution in [3.8, 4) is 6.07 Å². The van der Waals surface area contributed by atoms with Crippen LogP contribution in [-0.4, -0.2) is 12.6 Å². The molecule has 0 aliphatic carbocycles. The molecule has 3 nitrogen and oxygen atoms in total. The van der Waals surface area contributed by atoms with Gasteiger partial charge in [-0.15, -0.1) is 0 Å². The largest absolute Gasteiger partial charge is 0.462 e. The van der Waals surface area contributed by atoms with Crippen LogP contribution in [0, 0.1) is 11.3 Å². The van der Waals surface area contributed by atoms with Crippen LogP contribution in [0.5, 0.6) is 0 Å². The fourth-order valence-corrected chi connectivity index (χ4v) is 0.885. The highest BCUT2D eigenvalue weighted by Crippen LogP contribution is 2.06. The van der Waals surface area contributed by atoms with E-state index in [9.17, 15) is 4.79 Å². The maximum absolute atomic E-state index is 11.3. The van der Waals surface area contributed by atoms with E-state index >= 15 is 0 Å². The zero-order chi connectivity index (χ0) is 11.7. The zero-order valence-corrected chi connectivity index (χ0v) is 9.38. The molecule has 0 aromatic carbocycles. The van der Waals surface area contributed by atoms with E-state index in [1.807, 2.05) is 19.9 Å². The number of unbranched alkanes of at least 4 members (excludes halogenated alkanes) is 1. The van der Waals surface area contributed by atoms with Gasteiger partial charge in [-0.3, -0.25) is 0 Å². The normalized spacial score (nSPS) is 10.6. The van der Waals surface area contributed by atoms with Gasteiger partial charge in [-0.2, -0.15) is 5.26 Å². The molecule has 0 aromatic rings. The highest BCUT2D eigenvalue weighted by Gasteiger charge is 2.06. The molecule has 3 heteroatoms. The lowest BCUT2D eigenvalue weighted by molar-refractivity contribution is -0.138. The van der Waals surface area contributed by atoms with Gasteiger partial charge in [-0.25, -0.2) is 4.79 Å². The number of ether oxygens (including phenoxy) is 1. The zero-order valence-electron chi connectivity index (χ0n) is 9.38. The third kappa shape index (κ3) is 5.69. The third-order valence-electron chi connectivity index (χ3n) is 1.87. The Labute approximate surface area is 91.0 Å². The van der Waals surface area contributed by atoms with Crippen molar-refractivity contribution in [3.63, 3.8) is 0 Å². The maximum Gasteiger partial charge on any atom is 0.337 e. The van der Waals surface area contributed by atoms with Crippen LogP contribution in [0.25, 0.3) is 0 Å². The minimum Gasteiger partial charge on any atom is -0.462 e. The molecule has 0 aliphatic heterocycles. The van der Waals surface area contributed by atoms with Gasteiger partial charge in [0, 0.05) is 5.57 Å². The monoisotopic (exact) mass is 207 g/mol. The highest BCUT2D eigenvalue weighted by atomic mass is 16.5. The van der Waals surface area contributed by atoms with Crippen molar-refractivity contribution in [3.05, 3.63) is 23.8 Å². The lowest BCUT2D eigenvalue weighted by Crippen LogP contribution is -2.07. The van der Waals surface area contributed by atoms with Crippen LogP contribution < -0.4 is 0 Å². The first-order chi connectivity index (χ1) is 7.15. The van der Waals surface area contributed by atoms with Crippen LogP contribution in [0.4, 0.5) is 0 Å². The summed E-state index contributed by atoms with van der Waals surface area (Å²) in [7, 11) is 0. The molecule has 15 heavy (non-hydrogen) atoms. The van der Waals surface area contributed by atoms with E-state index in [-0.39, 0.29) is 5.57 Å². The van der Waals surface area contributed by atoms with Crippen LogP contribution in [0.2, 0.25) is 0 Å². The van der Waals surface area contributed by atoms with E-state index in [1.165, 1.54) is 6.08 Å². The van der Waals surface area contributed by atoms with Gasteiger partial charge in [0.1, 0.15) is 0 Å². The van der Waals surface area contributed by atoms with E-state index < -0.39 is 5.97 Å². The van der Waals surface area contributed by atoms with Gasteiger partial charge < -0.3 is 4.74 Å². The highest BCUT2D eigenvalue weighted by molar-refractivity contribution is 5.91. The van der Waals surface area contributed by atoms with Gasteiger partial charge in [0.25, 0.3) is 0 Å². The Morgan fingerprint density at radius 2 is 2.20 bits per heavy atom. The summed E-state index contributed by atoms with van der Waals surface area (Å²) >= 11 is 0. The number of hydrogen-bond acceptors (Lipinski definition) is 3. The topological polar surface area (TPSA) is 50.1 Å². The first kappa shape index (κ1) is 13.4. The second-order valence-electron chi connectivity index (χ2n) is 3.15. The molecule has 0 atom stereocenters. The Morgan fingerprint density at radius 1 is 1.53 bits per heavy atom. The molecule has 0 radical (unpaired) electrons. The number of esters is 1. The second-order valence-corrected chi connectivity index (χ2v) is 3.15. The standard InChI is InChI=1S/C12H17NO2/c1-4-6-7-15-12(14)10(3)8-11(5-2)9-13/h8H,3-7H2,1-2H3. The summed E-state index contributed by atoms with van der Waals surface area (Å²) in [5.41, 5.74) is 0.775. The third-order valence-corrected chi connectivity index (χ3v) is 1.87. The molecule has 0 aliphatic rings. The molecule has 0 N–H and O–H groups in total. The van der Waals surface area contributed by atoms with Gasteiger partial charge in [-0.1, -0.05) is 26.8 Å². The first-order valence-corrected chi connectivity index (χ1v) is 5.12. The minimum absolute atomic E-state index is 0.240. The first-order valence-electron chi connectivity index (χ1n) is 5.12. The molecule has 0 saturated heterocycles. The van der Waals surface area contributed by atoms with Crippen molar-refractivity contribution in [1.82, 2.24) is 0 Å². The Balaban J connectivity index is 4.16. The summed E-state index contributed by atoms with van der Waals surface area (Å²) in [6, 6.07) is 2.00. The van der Waals surface area contributed by atoms with Crippen molar-refractivity contribution in [2.24, 2.45) is 0 Å². The van der Waals surface area contributed by atoms with Crippen molar-refractivity contribution in [1.29, 1.82) is 5.26 Å². The molecule has 0 spiro atoms. The minimum atomic E-state index is -0.440. The van der Waals surface area contributed by atoms with Crippen LogP contribution in [0.1, 0.15) is 33.1 Å². The van der Waals surface area contributed by atoms with Gasteiger partial charge in [0.15, 0.2) is 0 Å². The summed E-state index contributed by atoms with van der Waals surface area (Å²) in [6.45, 7) is 7.85. The predicted octanol–water partition coefficient (Wildman–Crippen LogP) is 2.75. The number of allylic oxidation sites excluding steroid dienone is 1. The number of nitriles is 1. The average Bonchev–Trinajstić information content (AvgIpc) is 2.25. The number of nitrogens with zero attached hydrogens (tertiary/aromatic N) is 1. The van der Waals surface area contributed by atoms with Crippen molar-refractivity contribution >= 4 is 5.97 Å². The van der Waals surface area contributed by atoms with Gasteiger partial charge in [0.2, 0.25) is 0 Å². The molecule has 0 bridgehead atoms. The van der Waals surface area contributed by atoms with Gasteiger partial charge in [0.05, 0.1) is 18.2 Å². The average molecular weight is 207 g/mol. The quantitative estimate of drug-likeness (QED) is 0.221. The summed E-state index contributed by atoms with van der Waals surface area (Å²) in [6.07, 6.45) is 3.90. The Hall–Kier alpha value is -1.56. The molecule has 82 valence electrons. The summed E-state index contributed by atoms with van der Waals surface area (Å²) in [5.74, 6) is -0.440. The molecule has 0 fully saturated rings. The molecule has 0 aromatic heterocycles. The molecule has 0 rings (SSSR count). The Bertz CT molecular complexity index is 297. The van der Waals surface area contributed by atoms with Crippen LogP contribution in [-0.2, 0) is 9.53 Å². The van der Waals surface area contributed by atoms with Crippen LogP contribution in [0.3, 0.4) is 0 Å². The molecule has 0 amide bonds. The lowest BCUT2D eigenvalue weighted by atomic mass is 10.1. The van der Waals surface area contributed by atoms with E-state index in [0.29, 0.717) is 18.6 Å². The smallest absolute Gasteiger partial charge is 0.337 e. The number of carbonyl (C=O) groups excluding carboxylic acids is 1. The number of hydrogen-bond donors (Lipinski definition) is 0. The van der Waals surface area contributed by atoms with Crippen molar-refractivity contribution < 1.29 is 9.53 Å². The summed E-state index contributed by atoms with van der Waals surface area (Å²) in [4.78, 5) is 11.3. The lowest BCUT2D eigenvalue weighted by Gasteiger charge is -2.03. The SMILES string of the molecule is C=C(C=C(C#N)CC)C(=O)OCCCC. The predicted molar refractivity (Wildman–Crippen MR) is 59.0 cm³/mol. The Kier molecular flexibility index (Phi) is 7.00. The number of carbonyl (C=O) groups is 1. The second kappa shape index (κ2) is 7.81. The summed E-state index contributed by atoms with van der Waals surface area (Å²) < 4.78 is 4.94. The molecule has 0 heterocycles. The molecule has 0 unspecified atom stereocenters. The molecular weight excluding hydrogens is 190 g/mol. The molecule has 0 saturated carbocycles.